The smallest absolute Gasteiger partial charge is 0.167 e. The Bertz CT molecular complexity index is 564. The average Bonchev–Trinajstić information content (AvgIpc) is 2.43. The molecule has 19 heavy (non-hydrogen) atoms. The molecule has 0 heterocycles. The van der Waals surface area contributed by atoms with E-state index in [2.05, 4.69) is 0 Å². The number of nitrogens with two attached hydrogens (primary N) is 1. The number of benzene rings is 2. The van der Waals surface area contributed by atoms with E-state index in [1.807, 2.05) is 56.3 Å². The minimum atomic E-state index is 0.154. The number of hydrogen-bond donors (Lipinski definition) is 1. The van der Waals surface area contributed by atoms with Gasteiger partial charge in [0.25, 0.3) is 0 Å². The van der Waals surface area contributed by atoms with Crippen LogP contribution in [0.15, 0.2) is 42.5 Å². The van der Waals surface area contributed by atoms with E-state index >= 15 is 0 Å². The fraction of sp³-hybridized carbons (Fsp3) is 0.235. The number of ketones is 1. The number of rotatable bonds is 4. The third-order valence-electron chi connectivity index (χ3n) is 3.49. The van der Waals surface area contributed by atoms with E-state index in [4.69, 9.17) is 5.73 Å². The molecule has 0 aliphatic heterocycles. The standard InChI is InChI=1S/C17H19NO/c1-12-4-3-5-13(2)16(12)10-17(19)15-8-6-14(11-18)7-9-15/h3-9H,10-11,18H2,1-2H3. The van der Waals surface area contributed by atoms with E-state index in [0.717, 1.165) is 16.7 Å². The van der Waals surface area contributed by atoms with Crippen molar-refractivity contribution >= 4 is 5.78 Å². The lowest BCUT2D eigenvalue weighted by molar-refractivity contribution is 0.0992. The summed E-state index contributed by atoms with van der Waals surface area (Å²) in [4.78, 5) is 12.3. The molecule has 0 radical (unpaired) electrons. The Morgan fingerprint density at radius 2 is 1.58 bits per heavy atom. The van der Waals surface area contributed by atoms with Crippen molar-refractivity contribution in [1.82, 2.24) is 0 Å². The highest BCUT2D eigenvalue weighted by molar-refractivity contribution is 5.97. The molecular weight excluding hydrogens is 234 g/mol. The maximum absolute atomic E-state index is 12.3. The average molecular weight is 253 g/mol. The van der Waals surface area contributed by atoms with Crippen LogP contribution in [-0.2, 0) is 13.0 Å². The van der Waals surface area contributed by atoms with Crippen LogP contribution < -0.4 is 5.73 Å². The quantitative estimate of drug-likeness (QED) is 0.850. The summed E-state index contributed by atoms with van der Waals surface area (Å²) in [6, 6.07) is 13.7. The van der Waals surface area contributed by atoms with E-state index in [0.29, 0.717) is 13.0 Å². The Morgan fingerprint density at radius 3 is 2.11 bits per heavy atom. The molecule has 2 heteroatoms. The first-order valence-electron chi connectivity index (χ1n) is 6.49. The van der Waals surface area contributed by atoms with Gasteiger partial charge in [-0.05, 0) is 36.1 Å². The van der Waals surface area contributed by atoms with Gasteiger partial charge in [-0.2, -0.15) is 0 Å². The first-order chi connectivity index (χ1) is 9.11. The van der Waals surface area contributed by atoms with E-state index in [-0.39, 0.29) is 5.78 Å². The zero-order valence-electron chi connectivity index (χ0n) is 11.4. The lowest BCUT2D eigenvalue weighted by atomic mass is 9.95. The van der Waals surface area contributed by atoms with Crippen molar-refractivity contribution in [1.29, 1.82) is 0 Å². The van der Waals surface area contributed by atoms with Gasteiger partial charge in [0, 0.05) is 18.5 Å². The summed E-state index contributed by atoms with van der Waals surface area (Å²) in [6.07, 6.45) is 0.459. The number of aryl methyl sites for hydroxylation is 2. The monoisotopic (exact) mass is 253 g/mol. The van der Waals surface area contributed by atoms with Gasteiger partial charge < -0.3 is 5.73 Å². The predicted octanol–water partition coefficient (Wildman–Crippen LogP) is 3.19. The van der Waals surface area contributed by atoms with Gasteiger partial charge in [-0.15, -0.1) is 0 Å². The van der Waals surface area contributed by atoms with Crippen molar-refractivity contribution in [2.24, 2.45) is 5.73 Å². The van der Waals surface area contributed by atoms with Crippen LogP contribution in [-0.4, -0.2) is 5.78 Å². The molecule has 2 aromatic rings. The van der Waals surface area contributed by atoms with Crippen molar-refractivity contribution < 1.29 is 4.79 Å². The molecule has 0 atom stereocenters. The van der Waals surface area contributed by atoms with Crippen molar-refractivity contribution in [3.63, 3.8) is 0 Å². The summed E-state index contributed by atoms with van der Waals surface area (Å²) >= 11 is 0. The van der Waals surface area contributed by atoms with Crippen LogP contribution in [0.3, 0.4) is 0 Å². The molecule has 98 valence electrons. The molecule has 0 spiro atoms. The first kappa shape index (κ1) is 13.5. The topological polar surface area (TPSA) is 43.1 Å². The fourth-order valence-corrected chi connectivity index (χ4v) is 2.22. The molecule has 0 bridgehead atoms. The van der Waals surface area contributed by atoms with Gasteiger partial charge in [-0.25, -0.2) is 0 Å². The summed E-state index contributed by atoms with van der Waals surface area (Å²) in [7, 11) is 0. The Hall–Kier alpha value is -1.93. The summed E-state index contributed by atoms with van der Waals surface area (Å²) in [5.74, 6) is 0.154. The molecule has 0 unspecified atom stereocenters. The van der Waals surface area contributed by atoms with Crippen LogP contribution in [0.4, 0.5) is 0 Å². The van der Waals surface area contributed by atoms with Gasteiger partial charge in [-0.3, -0.25) is 4.79 Å². The fourth-order valence-electron chi connectivity index (χ4n) is 2.22. The Kier molecular flexibility index (Phi) is 4.13. The highest BCUT2D eigenvalue weighted by atomic mass is 16.1. The molecule has 0 aliphatic carbocycles. The molecule has 0 saturated carbocycles. The first-order valence-corrected chi connectivity index (χ1v) is 6.49. The van der Waals surface area contributed by atoms with Crippen LogP contribution in [0.5, 0.6) is 0 Å². The lowest BCUT2D eigenvalue weighted by Gasteiger charge is -2.09. The Labute approximate surface area is 114 Å². The van der Waals surface area contributed by atoms with Gasteiger partial charge in [-0.1, -0.05) is 42.5 Å². The van der Waals surface area contributed by atoms with Crippen molar-refractivity contribution in [3.05, 3.63) is 70.3 Å². The largest absolute Gasteiger partial charge is 0.326 e. The third kappa shape index (κ3) is 3.09. The third-order valence-corrected chi connectivity index (χ3v) is 3.49. The van der Waals surface area contributed by atoms with Gasteiger partial charge in [0.2, 0.25) is 0 Å². The van der Waals surface area contributed by atoms with Crippen LogP contribution in [0.25, 0.3) is 0 Å². The molecule has 0 saturated heterocycles. The second-order valence-corrected chi connectivity index (χ2v) is 4.87. The minimum Gasteiger partial charge on any atom is -0.326 e. The number of carbonyl (C=O) groups excluding carboxylic acids is 1. The van der Waals surface area contributed by atoms with Crippen molar-refractivity contribution in [2.75, 3.05) is 0 Å². The van der Waals surface area contributed by atoms with E-state index in [1.165, 1.54) is 11.1 Å². The molecule has 2 aromatic carbocycles. The summed E-state index contributed by atoms with van der Waals surface area (Å²) in [5, 5.41) is 0. The van der Waals surface area contributed by atoms with Gasteiger partial charge in [0.05, 0.1) is 0 Å². The Balaban J connectivity index is 2.20. The SMILES string of the molecule is Cc1cccc(C)c1CC(=O)c1ccc(CN)cc1. The van der Waals surface area contributed by atoms with Gasteiger partial charge >= 0.3 is 0 Å². The second kappa shape index (κ2) is 5.81. The summed E-state index contributed by atoms with van der Waals surface area (Å²) in [6.45, 7) is 4.60. The van der Waals surface area contributed by atoms with Crippen LogP contribution in [0, 0.1) is 13.8 Å². The molecule has 0 amide bonds. The molecule has 2 nitrogen and oxygen atoms in total. The normalized spacial score (nSPS) is 10.5. The summed E-state index contributed by atoms with van der Waals surface area (Å²) in [5.41, 5.74) is 10.8. The van der Waals surface area contributed by atoms with Gasteiger partial charge in [0.15, 0.2) is 5.78 Å². The zero-order chi connectivity index (χ0) is 13.8. The zero-order valence-corrected chi connectivity index (χ0v) is 11.4. The van der Waals surface area contributed by atoms with E-state index in [9.17, 15) is 4.79 Å². The van der Waals surface area contributed by atoms with Crippen LogP contribution >= 0.6 is 0 Å². The highest BCUT2D eigenvalue weighted by Gasteiger charge is 2.10. The molecular formula is C17H19NO. The van der Waals surface area contributed by atoms with Crippen molar-refractivity contribution in [3.8, 4) is 0 Å². The van der Waals surface area contributed by atoms with Crippen LogP contribution in [0.2, 0.25) is 0 Å². The molecule has 0 aromatic heterocycles. The highest BCUT2D eigenvalue weighted by Crippen LogP contribution is 2.16. The molecule has 0 aliphatic rings. The molecule has 2 N–H and O–H groups in total. The van der Waals surface area contributed by atoms with E-state index < -0.39 is 0 Å². The summed E-state index contributed by atoms with van der Waals surface area (Å²) < 4.78 is 0. The van der Waals surface area contributed by atoms with Crippen LogP contribution in [0.1, 0.15) is 32.6 Å². The lowest BCUT2D eigenvalue weighted by Crippen LogP contribution is -2.07. The second-order valence-electron chi connectivity index (χ2n) is 4.87. The predicted molar refractivity (Wildman–Crippen MR) is 78.3 cm³/mol. The Morgan fingerprint density at radius 1 is 1.00 bits per heavy atom. The number of hydrogen-bond acceptors (Lipinski definition) is 2. The van der Waals surface area contributed by atoms with E-state index in [1.54, 1.807) is 0 Å². The maximum Gasteiger partial charge on any atom is 0.167 e. The molecule has 0 fully saturated rings. The number of carbonyl (C=O) groups is 1. The maximum atomic E-state index is 12.3. The number of Topliss-reactive ketones (excluding diaryl/α,β-unsaturated/α-hetero) is 1. The minimum absolute atomic E-state index is 0.154. The van der Waals surface area contributed by atoms with Gasteiger partial charge in [0.1, 0.15) is 0 Å². The van der Waals surface area contributed by atoms with Crippen molar-refractivity contribution in [2.45, 2.75) is 26.8 Å². The molecule has 2 rings (SSSR count).